The Hall–Kier alpha value is -5.41. The van der Waals surface area contributed by atoms with Gasteiger partial charge in [-0.15, -0.1) is 0 Å². The second-order valence-electron chi connectivity index (χ2n) is 12.9. The Labute approximate surface area is 283 Å². The number of fused-ring (bicyclic) bond motifs is 3. The number of methoxy groups -OCH3 is 1. The van der Waals surface area contributed by atoms with Crippen LogP contribution in [0.15, 0.2) is 146 Å². The van der Waals surface area contributed by atoms with E-state index in [0.717, 1.165) is 29.9 Å². The molecule has 6 aromatic carbocycles. The first kappa shape index (κ1) is 31.2. The number of ether oxygens (including phenoxy) is 2. The molecule has 1 aliphatic rings. The van der Waals surface area contributed by atoms with Crippen LogP contribution >= 0.6 is 0 Å². The van der Waals surface area contributed by atoms with E-state index in [1.54, 1.807) is 7.11 Å². The van der Waals surface area contributed by atoms with Gasteiger partial charge in [-0.1, -0.05) is 118 Å². The molecule has 0 amide bonds. The monoisotopic (exact) mass is 628 g/mol. The molecule has 0 heterocycles. The summed E-state index contributed by atoms with van der Waals surface area (Å²) >= 11 is 0. The molecule has 0 saturated carbocycles. The van der Waals surface area contributed by atoms with E-state index in [4.69, 9.17) is 9.47 Å². The van der Waals surface area contributed by atoms with Crippen LogP contribution in [0.5, 0.6) is 17.2 Å². The van der Waals surface area contributed by atoms with Gasteiger partial charge in [-0.05, 0) is 106 Å². The Morgan fingerprint density at radius 2 is 0.979 bits per heavy atom. The molecule has 0 unspecified atom stereocenters. The largest absolute Gasteiger partial charge is 0.497 e. The lowest BCUT2D eigenvalue weighted by Gasteiger charge is -2.34. The zero-order valence-electron chi connectivity index (χ0n) is 28.0. The maximum absolute atomic E-state index is 13.3. The summed E-state index contributed by atoms with van der Waals surface area (Å²) in [4.78, 5) is 13.3. The average molecular weight is 629 g/mol. The van der Waals surface area contributed by atoms with E-state index in [2.05, 4.69) is 106 Å². The molecule has 3 nitrogen and oxygen atoms in total. The van der Waals surface area contributed by atoms with Crippen LogP contribution in [0.1, 0.15) is 77.4 Å². The fourth-order valence-corrected chi connectivity index (χ4v) is 7.30. The van der Waals surface area contributed by atoms with E-state index in [-0.39, 0.29) is 11.2 Å². The normalized spacial score (nSPS) is 13.0. The predicted octanol–water partition coefficient (Wildman–Crippen LogP) is 11.2. The van der Waals surface area contributed by atoms with E-state index in [9.17, 15) is 4.79 Å². The Bertz CT molecular complexity index is 2010. The van der Waals surface area contributed by atoms with Gasteiger partial charge >= 0.3 is 0 Å². The number of ketones is 1. The molecule has 0 fully saturated rings. The van der Waals surface area contributed by atoms with Crippen LogP contribution in [0.4, 0.5) is 0 Å². The highest BCUT2D eigenvalue weighted by atomic mass is 16.5. The Morgan fingerprint density at radius 3 is 1.44 bits per heavy atom. The van der Waals surface area contributed by atoms with Crippen LogP contribution in [-0.4, -0.2) is 12.9 Å². The molecule has 48 heavy (non-hydrogen) atoms. The minimum atomic E-state index is -0.496. The standard InChI is InChI=1S/C45H40O3/c1-5-44(3,6-2)33-19-15-31(16-20-33)43(46)32-17-25-37(26-18-32)48-38-29-23-35(24-30-38)45(34-21-27-36(47-4)28-22-34)41-13-9-7-11-39(41)40-12-8-10-14-42(40)45/h7-30H,5-6H2,1-4H3. The molecule has 0 spiro atoms. The molecular formula is C45H40O3. The fraction of sp³-hybridized carbons (Fsp3) is 0.178. The molecule has 0 saturated heterocycles. The van der Waals surface area contributed by atoms with Gasteiger partial charge < -0.3 is 9.47 Å². The average Bonchev–Trinajstić information content (AvgIpc) is 3.46. The lowest BCUT2D eigenvalue weighted by molar-refractivity contribution is 0.103. The van der Waals surface area contributed by atoms with Crippen LogP contribution in [0.3, 0.4) is 0 Å². The summed E-state index contributed by atoms with van der Waals surface area (Å²) in [7, 11) is 1.70. The third kappa shape index (κ3) is 5.20. The number of rotatable bonds is 10. The summed E-state index contributed by atoms with van der Waals surface area (Å²) in [6.45, 7) is 6.71. The Balaban J connectivity index is 1.17. The van der Waals surface area contributed by atoms with Gasteiger partial charge in [-0.2, -0.15) is 0 Å². The zero-order valence-corrected chi connectivity index (χ0v) is 28.0. The quantitative estimate of drug-likeness (QED) is 0.141. The minimum absolute atomic E-state index is 0.00751. The summed E-state index contributed by atoms with van der Waals surface area (Å²) in [5.74, 6) is 2.24. The maximum Gasteiger partial charge on any atom is 0.193 e. The summed E-state index contributed by atoms with van der Waals surface area (Å²) in [6.07, 6.45) is 2.12. The van der Waals surface area contributed by atoms with Crippen molar-refractivity contribution < 1.29 is 14.3 Å². The van der Waals surface area contributed by atoms with Gasteiger partial charge in [0.2, 0.25) is 0 Å². The SMILES string of the molecule is CCC(C)(CC)c1ccc(C(=O)c2ccc(Oc3ccc(C4(c5ccc(OC)cc5)c5ccccc5-c5ccccc54)cc3)cc2)cc1. The van der Waals surface area contributed by atoms with Crippen molar-refractivity contribution in [3.63, 3.8) is 0 Å². The van der Waals surface area contributed by atoms with E-state index in [1.807, 2.05) is 60.7 Å². The van der Waals surface area contributed by atoms with E-state index < -0.39 is 5.41 Å². The van der Waals surface area contributed by atoms with Crippen LogP contribution in [0.25, 0.3) is 11.1 Å². The number of hydrogen-bond acceptors (Lipinski definition) is 3. The second kappa shape index (κ2) is 12.7. The highest BCUT2D eigenvalue weighted by Gasteiger charge is 2.45. The van der Waals surface area contributed by atoms with Crippen LogP contribution in [0, 0.1) is 0 Å². The molecule has 0 aliphatic heterocycles. The van der Waals surface area contributed by atoms with Gasteiger partial charge in [-0.3, -0.25) is 4.79 Å². The first-order valence-corrected chi connectivity index (χ1v) is 16.8. The van der Waals surface area contributed by atoms with Crippen molar-refractivity contribution in [2.24, 2.45) is 0 Å². The molecule has 0 atom stereocenters. The zero-order chi connectivity index (χ0) is 33.3. The van der Waals surface area contributed by atoms with Crippen molar-refractivity contribution in [3.8, 4) is 28.4 Å². The molecule has 1 aliphatic carbocycles. The molecule has 238 valence electrons. The van der Waals surface area contributed by atoms with Gasteiger partial charge in [-0.25, -0.2) is 0 Å². The van der Waals surface area contributed by atoms with Crippen molar-refractivity contribution in [2.45, 2.75) is 44.4 Å². The molecule has 6 aromatic rings. The second-order valence-corrected chi connectivity index (χ2v) is 12.9. The smallest absolute Gasteiger partial charge is 0.193 e. The summed E-state index contributed by atoms with van der Waals surface area (Å²) < 4.78 is 11.8. The van der Waals surface area contributed by atoms with Crippen LogP contribution < -0.4 is 9.47 Å². The first-order chi connectivity index (χ1) is 23.4. The third-order valence-corrected chi connectivity index (χ3v) is 10.5. The van der Waals surface area contributed by atoms with Crippen molar-refractivity contribution >= 4 is 5.78 Å². The number of carbonyl (C=O) groups is 1. The van der Waals surface area contributed by atoms with E-state index in [1.165, 1.54) is 33.4 Å². The van der Waals surface area contributed by atoms with Crippen LogP contribution in [-0.2, 0) is 10.8 Å². The molecule has 0 aromatic heterocycles. The van der Waals surface area contributed by atoms with Crippen molar-refractivity contribution in [1.29, 1.82) is 0 Å². The third-order valence-electron chi connectivity index (χ3n) is 10.5. The fourth-order valence-electron chi connectivity index (χ4n) is 7.30. The van der Waals surface area contributed by atoms with Gasteiger partial charge in [0.1, 0.15) is 17.2 Å². The van der Waals surface area contributed by atoms with E-state index >= 15 is 0 Å². The topological polar surface area (TPSA) is 35.5 Å². The maximum atomic E-state index is 13.3. The molecule has 0 radical (unpaired) electrons. The van der Waals surface area contributed by atoms with Gasteiger partial charge in [0.05, 0.1) is 12.5 Å². The van der Waals surface area contributed by atoms with Crippen molar-refractivity contribution in [1.82, 2.24) is 0 Å². The van der Waals surface area contributed by atoms with Crippen molar-refractivity contribution in [2.75, 3.05) is 7.11 Å². The molecule has 3 heteroatoms. The molecule has 0 N–H and O–H groups in total. The van der Waals surface area contributed by atoms with Gasteiger partial charge in [0.15, 0.2) is 5.78 Å². The summed E-state index contributed by atoms with van der Waals surface area (Å²) in [6, 6.07) is 49.7. The van der Waals surface area contributed by atoms with Crippen LogP contribution in [0.2, 0.25) is 0 Å². The predicted molar refractivity (Wildman–Crippen MR) is 195 cm³/mol. The lowest BCUT2D eigenvalue weighted by Crippen LogP contribution is -2.28. The lowest BCUT2D eigenvalue weighted by atomic mass is 9.68. The number of benzene rings is 6. The first-order valence-electron chi connectivity index (χ1n) is 16.8. The molecule has 7 rings (SSSR count). The van der Waals surface area contributed by atoms with Gasteiger partial charge in [0, 0.05) is 11.1 Å². The minimum Gasteiger partial charge on any atom is -0.497 e. The summed E-state index contributed by atoms with van der Waals surface area (Å²) in [5, 5.41) is 0. The highest BCUT2D eigenvalue weighted by molar-refractivity contribution is 6.09. The number of carbonyl (C=O) groups excluding carboxylic acids is 1. The Kier molecular flexibility index (Phi) is 8.23. The van der Waals surface area contributed by atoms with E-state index in [0.29, 0.717) is 16.9 Å². The Morgan fingerprint density at radius 1 is 0.562 bits per heavy atom. The molecular weight excluding hydrogens is 588 g/mol. The number of hydrogen-bond donors (Lipinski definition) is 0. The van der Waals surface area contributed by atoms with Crippen molar-refractivity contribution in [3.05, 3.63) is 185 Å². The highest BCUT2D eigenvalue weighted by Crippen LogP contribution is 2.56. The molecule has 0 bridgehead atoms. The summed E-state index contributed by atoms with van der Waals surface area (Å²) in [5.41, 5.74) is 9.56. The van der Waals surface area contributed by atoms with Gasteiger partial charge in [0.25, 0.3) is 0 Å².